The van der Waals surface area contributed by atoms with E-state index in [9.17, 15) is 0 Å². The minimum Gasteiger partial charge on any atom is -0.367 e. The molecule has 1 saturated carbocycles. The summed E-state index contributed by atoms with van der Waals surface area (Å²) in [5.41, 5.74) is 1.92. The van der Waals surface area contributed by atoms with Crippen LogP contribution in [0.3, 0.4) is 0 Å². The Bertz CT molecular complexity index is 501. The standard InChI is InChI=1S/C15H21ClN2OS/c1-3-19-15(6-4-10(2)5-7-15)14-17-12-9-20-8-11(12)13(16)18-14/h10H,3-9H2,1-2H3. The Morgan fingerprint density at radius 3 is 2.75 bits per heavy atom. The topological polar surface area (TPSA) is 35.0 Å². The first-order valence-corrected chi connectivity index (χ1v) is 8.95. The van der Waals surface area contributed by atoms with Crippen molar-refractivity contribution in [3.05, 3.63) is 22.2 Å². The third-order valence-corrected chi connectivity index (χ3v) is 5.72. The van der Waals surface area contributed by atoms with Crippen LogP contribution in [0, 0.1) is 5.92 Å². The van der Waals surface area contributed by atoms with Gasteiger partial charge < -0.3 is 4.74 Å². The first kappa shape index (κ1) is 14.6. The van der Waals surface area contributed by atoms with E-state index in [1.54, 1.807) is 0 Å². The summed E-state index contributed by atoms with van der Waals surface area (Å²) in [7, 11) is 0. The van der Waals surface area contributed by atoms with Gasteiger partial charge in [0.2, 0.25) is 0 Å². The monoisotopic (exact) mass is 312 g/mol. The van der Waals surface area contributed by atoms with Crippen molar-refractivity contribution in [1.82, 2.24) is 9.97 Å². The second-order valence-electron chi connectivity index (χ2n) is 5.87. The maximum Gasteiger partial charge on any atom is 0.162 e. The molecule has 0 spiro atoms. The molecule has 0 atom stereocenters. The first-order valence-electron chi connectivity index (χ1n) is 7.42. The molecular weight excluding hydrogens is 292 g/mol. The Balaban J connectivity index is 1.97. The number of aromatic nitrogens is 2. The summed E-state index contributed by atoms with van der Waals surface area (Å²) in [5.74, 6) is 3.47. The van der Waals surface area contributed by atoms with Gasteiger partial charge in [-0.3, -0.25) is 0 Å². The van der Waals surface area contributed by atoms with E-state index in [-0.39, 0.29) is 5.60 Å². The summed E-state index contributed by atoms with van der Waals surface area (Å²) < 4.78 is 6.13. The van der Waals surface area contributed by atoms with Gasteiger partial charge in [0.15, 0.2) is 5.82 Å². The highest BCUT2D eigenvalue weighted by atomic mass is 35.5. The number of hydrogen-bond donors (Lipinski definition) is 0. The molecule has 110 valence electrons. The highest BCUT2D eigenvalue weighted by Crippen LogP contribution is 2.43. The molecule has 2 aliphatic rings. The highest BCUT2D eigenvalue weighted by Gasteiger charge is 2.40. The van der Waals surface area contributed by atoms with Crippen LogP contribution < -0.4 is 0 Å². The molecule has 0 unspecified atom stereocenters. The predicted octanol–water partition coefficient (Wildman–Crippen LogP) is 4.32. The number of halogens is 1. The van der Waals surface area contributed by atoms with Crippen molar-refractivity contribution in [1.29, 1.82) is 0 Å². The van der Waals surface area contributed by atoms with Crippen LogP contribution >= 0.6 is 23.4 Å². The molecular formula is C15H21ClN2OS. The number of hydrogen-bond acceptors (Lipinski definition) is 4. The highest BCUT2D eigenvalue weighted by molar-refractivity contribution is 7.98. The van der Waals surface area contributed by atoms with Crippen LogP contribution in [-0.4, -0.2) is 16.6 Å². The number of nitrogens with zero attached hydrogens (tertiary/aromatic N) is 2. The van der Waals surface area contributed by atoms with Crippen molar-refractivity contribution < 1.29 is 4.74 Å². The molecule has 0 N–H and O–H groups in total. The van der Waals surface area contributed by atoms with Crippen molar-refractivity contribution in [2.45, 2.75) is 56.6 Å². The van der Waals surface area contributed by atoms with E-state index in [1.165, 1.54) is 12.8 Å². The van der Waals surface area contributed by atoms with E-state index in [1.807, 2.05) is 18.7 Å². The number of fused-ring (bicyclic) bond motifs is 1. The molecule has 2 heterocycles. The average Bonchev–Trinajstić information content (AvgIpc) is 2.91. The van der Waals surface area contributed by atoms with E-state index in [4.69, 9.17) is 21.3 Å². The van der Waals surface area contributed by atoms with Crippen LogP contribution in [0.1, 0.15) is 56.6 Å². The Morgan fingerprint density at radius 2 is 2.05 bits per heavy atom. The maximum absolute atomic E-state index is 6.36. The Hall–Kier alpha value is -0.320. The van der Waals surface area contributed by atoms with Gasteiger partial charge in [-0.05, 0) is 38.5 Å². The summed E-state index contributed by atoms with van der Waals surface area (Å²) in [4.78, 5) is 9.41. The smallest absolute Gasteiger partial charge is 0.162 e. The van der Waals surface area contributed by atoms with Gasteiger partial charge in [-0.1, -0.05) is 18.5 Å². The Morgan fingerprint density at radius 1 is 1.30 bits per heavy atom. The van der Waals surface area contributed by atoms with Gasteiger partial charge in [-0.15, -0.1) is 0 Å². The van der Waals surface area contributed by atoms with E-state index >= 15 is 0 Å². The van der Waals surface area contributed by atoms with Crippen LogP contribution in [-0.2, 0) is 21.8 Å². The molecule has 5 heteroatoms. The minimum absolute atomic E-state index is 0.312. The van der Waals surface area contributed by atoms with E-state index in [0.29, 0.717) is 11.8 Å². The molecule has 1 aromatic rings. The summed E-state index contributed by atoms with van der Waals surface area (Å²) in [6.45, 7) is 5.05. The lowest BCUT2D eigenvalue weighted by Gasteiger charge is -2.38. The van der Waals surface area contributed by atoms with Crippen molar-refractivity contribution in [2.24, 2.45) is 5.92 Å². The molecule has 1 aromatic heterocycles. The lowest BCUT2D eigenvalue weighted by Crippen LogP contribution is -2.36. The largest absolute Gasteiger partial charge is 0.367 e. The predicted molar refractivity (Wildman–Crippen MR) is 83.0 cm³/mol. The van der Waals surface area contributed by atoms with Gasteiger partial charge in [-0.2, -0.15) is 11.8 Å². The van der Waals surface area contributed by atoms with Gasteiger partial charge in [0, 0.05) is 23.7 Å². The van der Waals surface area contributed by atoms with Crippen molar-refractivity contribution in [2.75, 3.05) is 6.61 Å². The number of rotatable bonds is 3. The molecule has 20 heavy (non-hydrogen) atoms. The van der Waals surface area contributed by atoms with Crippen LogP contribution in [0.4, 0.5) is 0 Å². The second kappa shape index (κ2) is 5.82. The quantitative estimate of drug-likeness (QED) is 0.779. The molecule has 1 aliphatic heterocycles. The van der Waals surface area contributed by atoms with Gasteiger partial charge in [0.1, 0.15) is 10.8 Å². The van der Waals surface area contributed by atoms with Crippen molar-refractivity contribution in [3.63, 3.8) is 0 Å². The van der Waals surface area contributed by atoms with Crippen LogP contribution in [0.15, 0.2) is 0 Å². The van der Waals surface area contributed by atoms with Crippen LogP contribution in [0.25, 0.3) is 0 Å². The summed E-state index contributed by atoms with van der Waals surface area (Å²) in [6.07, 6.45) is 4.36. The lowest BCUT2D eigenvalue weighted by molar-refractivity contribution is -0.0838. The van der Waals surface area contributed by atoms with E-state index in [0.717, 1.165) is 47.3 Å². The SMILES string of the molecule is CCOC1(c2nc(Cl)c3c(n2)CSC3)CCC(C)CC1. The lowest BCUT2D eigenvalue weighted by atomic mass is 9.78. The molecule has 3 nitrogen and oxygen atoms in total. The van der Waals surface area contributed by atoms with E-state index < -0.39 is 0 Å². The zero-order valence-corrected chi connectivity index (χ0v) is 13.7. The maximum atomic E-state index is 6.36. The third-order valence-electron chi connectivity index (χ3n) is 4.44. The zero-order chi connectivity index (χ0) is 14.2. The Kier molecular flexibility index (Phi) is 4.25. The van der Waals surface area contributed by atoms with Gasteiger partial charge >= 0.3 is 0 Å². The zero-order valence-electron chi connectivity index (χ0n) is 12.1. The fourth-order valence-corrected chi connectivity index (χ4v) is 4.53. The average molecular weight is 313 g/mol. The first-order chi connectivity index (χ1) is 9.64. The number of thioether (sulfide) groups is 1. The normalized spacial score (nSPS) is 29.4. The fourth-order valence-electron chi connectivity index (χ4n) is 3.15. The number of ether oxygens (including phenoxy) is 1. The molecule has 0 radical (unpaired) electrons. The van der Waals surface area contributed by atoms with E-state index in [2.05, 4.69) is 11.9 Å². The molecule has 0 amide bonds. The molecule has 1 fully saturated rings. The Labute approximate surface area is 129 Å². The summed E-state index contributed by atoms with van der Waals surface area (Å²) in [5, 5.41) is 0.632. The summed E-state index contributed by atoms with van der Waals surface area (Å²) in [6, 6.07) is 0. The van der Waals surface area contributed by atoms with Gasteiger partial charge in [-0.25, -0.2) is 9.97 Å². The van der Waals surface area contributed by atoms with Gasteiger partial charge in [0.05, 0.1) is 5.69 Å². The molecule has 0 saturated heterocycles. The molecule has 3 rings (SSSR count). The third kappa shape index (κ3) is 2.58. The van der Waals surface area contributed by atoms with Gasteiger partial charge in [0.25, 0.3) is 0 Å². The van der Waals surface area contributed by atoms with Crippen molar-refractivity contribution in [3.8, 4) is 0 Å². The molecule has 0 aromatic carbocycles. The second-order valence-corrected chi connectivity index (χ2v) is 7.21. The van der Waals surface area contributed by atoms with Crippen molar-refractivity contribution >= 4 is 23.4 Å². The minimum atomic E-state index is -0.312. The molecule has 1 aliphatic carbocycles. The summed E-state index contributed by atoms with van der Waals surface area (Å²) >= 11 is 8.22. The fraction of sp³-hybridized carbons (Fsp3) is 0.733. The van der Waals surface area contributed by atoms with Crippen LogP contribution in [0.5, 0.6) is 0 Å². The van der Waals surface area contributed by atoms with Crippen LogP contribution in [0.2, 0.25) is 5.15 Å². The molecule has 0 bridgehead atoms.